The largest absolute Gasteiger partial charge is 0.425 e. The Bertz CT molecular complexity index is 831. The average Bonchev–Trinajstić information content (AvgIpc) is 3.15. The Morgan fingerprint density at radius 2 is 1.69 bits per heavy atom. The Hall–Kier alpha value is -2.38. The fourth-order valence-corrected chi connectivity index (χ4v) is 4.33. The molecular weight excluding hydrogens is 383 g/mol. The van der Waals surface area contributed by atoms with Crippen LogP contribution in [-0.2, 0) is 4.79 Å². The third-order valence-corrected chi connectivity index (χ3v) is 5.97. The topological polar surface area (TPSA) is 59.2 Å². The van der Waals surface area contributed by atoms with Crippen LogP contribution in [0.25, 0.3) is 0 Å². The molecule has 1 aromatic heterocycles. The molecule has 5 nitrogen and oxygen atoms in total. The maximum Gasteiger partial charge on any atom is 0.389 e. The lowest BCUT2D eigenvalue weighted by Gasteiger charge is -2.37. The van der Waals surface area contributed by atoms with Gasteiger partial charge in [0.1, 0.15) is 0 Å². The van der Waals surface area contributed by atoms with Crippen LogP contribution < -0.4 is 0 Å². The third-order valence-electron chi connectivity index (χ3n) is 5.97. The first kappa shape index (κ1) is 19.9. The number of amides is 1. The smallest absolute Gasteiger partial charge is 0.389 e. The summed E-state index contributed by atoms with van der Waals surface area (Å²) < 4.78 is 42.8. The van der Waals surface area contributed by atoms with Crippen LogP contribution in [0.15, 0.2) is 34.7 Å². The van der Waals surface area contributed by atoms with Gasteiger partial charge in [-0.1, -0.05) is 43.2 Å². The molecule has 2 heterocycles. The minimum atomic E-state index is -4.31. The van der Waals surface area contributed by atoms with E-state index >= 15 is 0 Å². The molecule has 2 aliphatic rings. The van der Waals surface area contributed by atoms with E-state index in [2.05, 4.69) is 22.3 Å². The molecule has 29 heavy (non-hydrogen) atoms. The predicted molar refractivity (Wildman–Crippen MR) is 99.3 cm³/mol. The fourth-order valence-electron chi connectivity index (χ4n) is 4.33. The summed E-state index contributed by atoms with van der Waals surface area (Å²) in [6.07, 6.45) is -1.53. The van der Waals surface area contributed by atoms with E-state index in [9.17, 15) is 18.0 Å². The summed E-state index contributed by atoms with van der Waals surface area (Å²) >= 11 is 0. The second-order valence-corrected chi connectivity index (χ2v) is 8.00. The summed E-state index contributed by atoms with van der Waals surface area (Å²) in [5.41, 5.74) is 1.28. The number of likely N-dealkylation sites (tertiary alicyclic amines) is 1. The summed E-state index contributed by atoms with van der Waals surface area (Å²) in [6.45, 7) is 0.677. The predicted octanol–water partition coefficient (Wildman–Crippen LogP) is 4.78. The van der Waals surface area contributed by atoms with Crippen LogP contribution in [0, 0.1) is 0 Å². The van der Waals surface area contributed by atoms with Gasteiger partial charge in [0, 0.05) is 25.4 Å². The van der Waals surface area contributed by atoms with Gasteiger partial charge in [-0.05, 0) is 24.3 Å². The van der Waals surface area contributed by atoms with Crippen LogP contribution in [0.1, 0.15) is 73.6 Å². The highest BCUT2D eigenvalue weighted by Gasteiger charge is 2.38. The van der Waals surface area contributed by atoms with E-state index < -0.39 is 24.9 Å². The molecule has 1 aliphatic heterocycles. The molecule has 1 amide bonds. The van der Waals surface area contributed by atoms with E-state index in [1.54, 1.807) is 0 Å². The molecule has 0 bridgehead atoms. The van der Waals surface area contributed by atoms with E-state index in [1.807, 2.05) is 18.2 Å². The van der Waals surface area contributed by atoms with Crippen molar-refractivity contribution in [3.8, 4) is 0 Å². The van der Waals surface area contributed by atoms with Crippen LogP contribution in [-0.4, -0.2) is 40.3 Å². The summed E-state index contributed by atoms with van der Waals surface area (Å²) in [7, 11) is 0. The quantitative estimate of drug-likeness (QED) is 0.716. The van der Waals surface area contributed by atoms with Crippen molar-refractivity contribution in [3.63, 3.8) is 0 Å². The monoisotopic (exact) mass is 407 g/mol. The Morgan fingerprint density at radius 1 is 1.03 bits per heavy atom. The van der Waals surface area contributed by atoms with Gasteiger partial charge >= 0.3 is 6.18 Å². The number of carbonyl (C=O) groups excluding carboxylic acids is 1. The van der Waals surface area contributed by atoms with Gasteiger partial charge in [-0.15, -0.1) is 10.2 Å². The molecule has 0 radical (unpaired) electrons. The first-order chi connectivity index (χ1) is 13.9. The fraction of sp³-hybridized carbons (Fsp3) is 0.571. The van der Waals surface area contributed by atoms with Gasteiger partial charge in [0.05, 0.1) is 12.3 Å². The molecule has 156 valence electrons. The lowest BCUT2D eigenvalue weighted by Crippen LogP contribution is -2.48. The van der Waals surface area contributed by atoms with Gasteiger partial charge in [-0.25, -0.2) is 0 Å². The Kier molecular flexibility index (Phi) is 5.61. The van der Waals surface area contributed by atoms with Crippen molar-refractivity contribution < 1.29 is 22.4 Å². The zero-order chi connectivity index (χ0) is 20.4. The van der Waals surface area contributed by atoms with Crippen molar-refractivity contribution >= 4 is 5.91 Å². The Balaban J connectivity index is 1.37. The summed E-state index contributed by atoms with van der Waals surface area (Å²) in [4.78, 5) is 13.3. The molecular formula is C21H24F3N3O2. The van der Waals surface area contributed by atoms with E-state index in [0.717, 1.165) is 19.3 Å². The van der Waals surface area contributed by atoms with Crippen LogP contribution in [0.3, 0.4) is 0 Å². The highest BCUT2D eigenvalue weighted by atomic mass is 19.4. The molecule has 1 saturated carbocycles. The second-order valence-electron chi connectivity index (χ2n) is 8.00. The first-order valence-electron chi connectivity index (χ1n) is 10.1. The molecule has 0 spiro atoms. The number of benzene rings is 1. The maximum atomic E-state index is 12.3. The van der Waals surface area contributed by atoms with Crippen molar-refractivity contribution in [2.75, 3.05) is 13.1 Å². The van der Waals surface area contributed by atoms with Gasteiger partial charge in [-0.3, -0.25) is 4.79 Å². The summed E-state index contributed by atoms with van der Waals surface area (Å²) in [5, 5.41) is 8.47. The van der Waals surface area contributed by atoms with Gasteiger partial charge in [-0.2, -0.15) is 13.2 Å². The van der Waals surface area contributed by atoms with Gasteiger partial charge < -0.3 is 9.32 Å². The number of carbonyl (C=O) groups is 1. The molecule has 1 aliphatic carbocycles. The normalized spacial score (nSPS) is 23.1. The molecule has 4 rings (SSSR count). The van der Waals surface area contributed by atoms with Crippen LogP contribution in [0.5, 0.6) is 0 Å². The van der Waals surface area contributed by atoms with Crippen molar-refractivity contribution in [2.45, 2.75) is 62.5 Å². The highest BCUT2D eigenvalue weighted by Crippen LogP contribution is 2.44. The molecule has 2 atom stereocenters. The van der Waals surface area contributed by atoms with Crippen molar-refractivity contribution in [2.24, 2.45) is 0 Å². The number of halogens is 3. The summed E-state index contributed by atoms with van der Waals surface area (Å²) in [6, 6.07) is 10.4. The number of nitrogens with zero attached hydrogens (tertiary/aromatic N) is 3. The minimum absolute atomic E-state index is 0.0927. The number of hydrogen-bond acceptors (Lipinski definition) is 4. The molecule has 2 aromatic rings. The molecule has 8 heteroatoms. The van der Waals surface area contributed by atoms with Crippen LogP contribution in [0.4, 0.5) is 13.2 Å². The van der Waals surface area contributed by atoms with Gasteiger partial charge in [0.15, 0.2) is 0 Å². The number of alkyl halides is 3. The van der Waals surface area contributed by atoms with E-state index in [-0.39, 0.29) is 11.8 Å². The standard InChI is InChI=1S/C21H24F3N3O2/c22-21(23,24)11-10-18(28)27-12-15(13-27)19-25-26-20(29-19)17-9-5-4-8-16(17)14-6-2-1-3-7-14/h1-3,6-7,15-17H,4-5,8-13H2. The zero-order valence-corrected chi connectivity index (χ0v) is 16.1. The van der Waals surface area contributed by atoms with Crippen molar-refractivity contribution in [1.82, 2.24) is 15.1 Å². The summed E-state index contributed by atoms with van der Waals surface area (Å²) in [5.74, 6) is 1.07. The van der Waals surface area contributed by atoms with E-state index in [0.29, 0.717) is 30.8 Å². The van der Waals surface area contributed by atoms with Crippen molar-refractivity contribution in [3.05, 3.63) is 47.7 Å². The minimum Gasteiger partial charge on any atom is -0.425 e. The third kappa shape index (κ3) is 4.62. The SMILES string of the molecule is O=C(CCC(F)(F)F)N1CC(c2nnc(C3CCCCC3c3ccccc3)o2)C1. The van der Waals surface area contributed by atoms with Crippen LogP contribution >= 0.6 is 0 Å². The number of hydrogen-bond donors (Lipinski definition) is 0. The molecule has 2 fully saturated rings. The van der Waals surface area contributed by atoms with Gasteiger partial charge in [0.2, 0.25) is 17.7 Å². The maximum absolute atomic E-state index is 12.3. The molecule has 0 N–H and O–H groups in total. The average molecular weight is 407 g/mol. The zero-order valence-electron chi connectivity index (χ0n) is 16.1. The molecule has 1 aromatic carbocycles. The Labute approximate surface area is 167 Å². The number of aromatic nitrogens is 2. The first-order valence-corrected chi connectivity index (χ1v) is 10.1. The van der Waals surface area contributed by atoms with Gasteiger partial charge in [0.25, 0.3) is 0 Å². The van der Waals surface area contributed by atoms with E-state index in [4.69, 9.17) is 4.42 Å². The Morgan fingerprint density at radius 3 is 2.38 bits per heavy atom. The molecule has 1 saturated heterocycles. The lowest BCUT2D eigenvalue weighted by atomic mass is 9.75. The van der Waals surface area contributed by atoms with Crippen molar-refractivity contribution in [1.29, 1.82) is 0 Å². The molecule has 2 unspecified atom stereocenters. The number of rotatable bonds is 5. The lowest BCUT2D eigenvalue weighted by molar-refractivity contribution is -0.151. The second kappa shape index (κ2) is 8.16. The van der Waals surface area contributed by atoms with Crippen LogP contribution in [0.2, 0.25) is 0 Å². The van der Waals surface area contributed by atoms with E-state index in [1.165, 1.54) is 16.9 Å². The highest BCUT2D eigenvalue weighted by molar-refractivity contribution is 5.77.